The number of rotatable bonds is 13. The molecule has 2 saturated carbocycles. The second kappa shape index (κ2) is 15.6. The maximum atomic E-state index is 13.6. The summed E-state index contributed by atoms with van der Waals surface area (Å²) >= 11 is 0. The smallest absolute Gasteiger partial charge is 0.312 e. The Morgan fingerprint density at radius 2 is 0.981 bits per heavy atom. The molecule has 4 aliphatic rings. The van der Waals surface area contributed by atoms with E-state index in [0.29, 0.717) is 38.3 Å². The standard InChI is InChI=1S/C46H66O6/c1-31(2)33-11-15-37-35(29-33)13-17-39-43(37,5)19-9-21-45(39,7)41(47)51-27-25-49-23-24-50-26-28-52-42(48)46(8)22-10-20-44(6)38-16-12-34(32(3)4)30-36(38)14-18-40(44)46/h11-12,15-16,29-32,39-40H,9-10,13-14,17-28H2,1-8H3. The highest BCUT2D eigenvalue weighted by molar-refractivity contribution is 5.78. The number of aryl methyl sites for hydroxylation is 2. The lowest BCUT2D eigenvalue weighted by Crippen LogP contribution is -2.53. The van der Waals surface area contributed by atoms with Crippen molar-refractivity contribution in [1.82, 2.24) is 0 Å². The van der Waals surface area contributed by atoms with Crippen molar-refractivity contribution < 1.29 is 28.5 Å². The van der Waals surface area contributed by atoms with E-state index in [2.05, 4.69) is 91.8 Å². The molecule has 6 atom stereocenters. The largest absolute Gasteiger partial charge is 0.463 e. The lowest BCUT2D eigenvalue weighted by molar-refractivity contribution is -0.167. The van der Waals surface area contributed by atoms with E-state index in [1.54, 1.807) is 0 Å². The first-order valence-electron chi connectivity index (χ1n) is 20.5. The molecule has 2 aromatic carbocycles. The van der Waals surface area contributed by atoms with Crippen LogP contribution in [0.25, 0.3) is 0 Å². The molecule has 0 radical (unpaired) electrons. The number of esters is 2. The minimum atomic E-state index is -0.492. The first kappa shape index (κ1) is 39.0. The van der Waals surface area contributed by atoms with Crippen molar-refractivity contribution in [2.45, 2.75) is 142 Å². The fourth-order valence-electron chi connectivity index (χ4n) is 11.3. The third kappa shape index (κ3) is 7.25. The Morgan fingerprint density at radius 3 is 1.37 bits per heavy atom. The molecule has 286 valence electrons. The summed E-state index contributed by atoms with van der Waals surface area (Å²) in [6, 6.07) is 14.1. The quantitative estimate of drug-likeness (QED) is 0.152. The van der Waals surface area contributed by atoms with E-state index < -0.39 is 10.8 Å². The van der Waals surface area contributed by atoms with Crippen LogP contribution >= 0.6 is 0 Å². The fourth-order valence-corrected chi connectivity index (χ4v) is 11.3. The zero-order valence-corrected chi connectivity index (χ0v) is 33.5. The van der Waals surface area contributed by atoms with Gasteiger partial charge in [0.25, 0.3) is 0 Å². The third-order valence-electron chi connectivity index (χ3n) is 14.3. The van der Waals surface area contributed by atoms with Gasteiger partial charge in [0.2, 0.25) is 0 Å². The van der Waals surface area contributed by atoms with E-state index >= 15 is 0 Å². The highest BCUT2D eigenvalue weighted by atomic mass is 16.6. The zero-order chi connectivity index (χ0) is 37.3. The van der Waals surface area contributed by atoms with Gasteiger partial charge in [-0.1, -0.05) is 90.8 Å². The molecule has 0 aliphatic heterocycles. The topological polar surface area (TPSA) is 71.1 Å². The highest BCUT2D eigenvalue weighted by Crippen LogP contribution is 2.59. The fraction of sp³-hybridized carbons (Fsp3) is 0.696. The Labute approximate surface area is 314 Å². The molecule has 2 aromatic rings. The molecule has 6 nitrogen and oxygen atoms in total. The van der Waals surface area contributed by atoms with Crippen LogP contribution in [0.2, 0.25) is 0 Å². The van der Waals surface area contributed by atoms with Crippen LogP contribution in [0.5, 0.6) is 0 Å². The molecule has 6 unspecified atom stereocenters. The lowest BCUT2D eigenvalue weighted by Gasteiger charge is -2.54. The zero-order valence-electron chi connectivity index (χ0n) is 33.5. The van der Waals surface area contributed by atoms with E-state index in [1.807, 2.05) is 0 Å². The number of carbonyl (C=O) groups excluding carboxylic acids is 2. The van der Waals surface area contributed by atoms with Crippen molar-refractivity contribution in [3.8, 4) is 0 Å². The van der Waals surface area contributed by atoms with Gasteiger partial charge in [-0.2, -0.15) is 0 Å². The Morgan fingerprint density at radius 1 is 0.596 bits per heavy atom. The van der Waals surface area contributed by atoms with Crippen molar-refractivity contribution in [2.75, 3.05) is 39.6 Å². The normalized spacial score (nSPS) is 31.0. The molecule has 0 amide bonds. The van der Waals surface area contributed by atoms with Crippen LogP contribution in [0.4, 0.5) is 0 Å². The number of fused-ring (bicyclic) bond motifs is 6. The predicted octanol–water partition coefficient (Wildman–Crippen LogP) is 9.77. The third-order valence-corrected chi connectivity index (χ3v) is 14.3. The van der Waals surface area contributed by atoms with E-state index in [9.17, 15) is 9.59 Å². The van der Waals surface area contributed by atoms with Gasteiger partial charge in [0.15, 0.2) is 0 Å². The van der Waals surface area contributed by atoms with Gasteiger partial charge < -0.3 is 18.9 Å². The van der Waals surface area contributed by atoms with Crippen LogP contribution in [-0.4, -0.2) is 51.6 Å². The van der Waals surface area contributed by atoms with Crippen molar-refractivity contribution in [2.24, 2.45) is 22.7 Å². The summed E-state index contributed by atoms with van der Waals surface area (Å²) in [5.41, 5.74) is 7.60. The Kier molecular flexibility index (Phi) is 11.7. The molecule has 0 aromatic heterocycles. The van der Waals surface area contributed by atoms with Gasteiger partial charge in [-0.3, -0.25) is 9.59 Å². The van der Waals surface area contributed by atoms with Crippen LogP contribution in [-0.2, 0) is 52.2 Å². The minimum absolute atomic E-state index is 0.00794. The van der Waals surface area contributed by atoms with Crippen molar-refractivity contribution in [3.05, 3.63) is 69.8 Å². The first-order valence-corrected chi connectivity index (χ1v) is 20.5. The maximum absolute atomic E-state index is 13.6. The van der Waals surface area contributed by atoms with Crippen LogP contribution in [0, 0.1) is 22.7 Å². The number of carbonyl (C=O) groups is 2. The number of ether oxygens (including phenoxy) is 4. The van der Waals surface area contributed by atoms with Crippen molar-refractivity contribution in [1.29, 1.82) is 0 Å². The molecule has 6 rings (SSSR count). The summed E-state index contributed by atoms with van der Waals surface area (Å²) in [5, 5.41) is 0. The van der Waals surface area contributed by atoms with E-state index in [-0.39, 0.29) is 47.8 Å². The molecular formula is C46H66O6. The molecule has 0 saturated heterocycles. The average molecular weight is 715 g/mol. The summed E-state index contributed by atoms with van der Waals surface area (Å²) < 4.78 is 23.3. The second-order valence-corrected chi connectivity index (χ2v) is 18.2. The maximum Gasteiger partial charge on any atom is 0.312 e. The summed E-state index contributed by atoms with van der Waals surface area (Å²) in [5.74, 6) is 1.40. The highest BCUT2D eigenvalue weighted by Gasteiger charge is 2.57. The molecule has 52 heavy (non-hydrogen) atoms. The van der Waals surface area contributed by atoms with Gasteiger partial charge in [-0.25, -0.2) is 0 Å². The minimum Gasteiger partial charge on any atom is -0.463 e. The van der Waals surface area contributed by atoms with Crippen LogP contribution in [0.3, 0.4) is 0 Å². The monoisotopic (exact) mass is 714 g/mol. The van der Waals surface area contributed by atoms with Gasteiger partial charge in [0.05, 0.1) is 37.3 Å². The number of hydrogen-bond acceptors (Lipinski definition) is 6. The van der Waals surface area contributed by atoms with Crippen LogP contribution in [0.15, 0.2) is 36.4 Å². The first-order chi connectivity index (χ1) is 24.7. The summed E-state index contributed by atoms with van der Waals surface area (Å²) in [4.78, 5) is 27.2. The predicted molar refractivity (Wildman–Crippen MR) is 207 cm³/mol. The molecule has 0 N–H and O–H groups in total. The van der Waals surface area contributed by atoms with Gasteiger partial charge in [-0.15, -0.1) is 0 Å². The number of benzene rings is 2. The molecular weight excluding hydrogens is 648 g/mol. The summed E-state index contributed by atoms with van der Waals surface area (Å²) in [6.07, 6.45) is 10.1. The molecule has 6 heteroatoms. The van der Waals surface area contributed by atoms with Gasteiger partial charge >= 0.3 is 11.9 Å². The Bertz CT molecular complexity index is 1480. The molecule has 0 spiro atoms. The molecule has 2 fully saturated rings. The van der Waals surface area contributed by atoms with Crippen LogP contribution in [0.1, 0.15) is 152 Å². The Balaban J connectivity index is 0.900. The van der Waals surface area contributed by atoms with Crippen LogP contribution < -0.4 is 0 Å². The second-order valence-electron chi connectivity index (χ2n) is 18.2. The van der Waals surface area contributed by atoms with Crippen molar-refractivity contribution in [3.63, 3.8) is 0 Å². The SMILES string of the molecule is CC(C)c1ccc2c(c1)CCC1C(C)(C(=O)OCCOCCOCCOC(=O)C3(C)CCCC4(C)c5ccc(C(C)C)cc5CCC34)CCCC21C. The van der Waals surface area contributed by atoms with Crippen molar-refractivity contribution >= 4 is 11.9 Å². The van der Waals surface area contributed by atoms with Gasteiger partial charge in [0, 0.05) is 0 Å². The molecule has 0 bridgehead atoms. The molecule has 0 heterocycles. The van der Waals surface area contributed by atoms with Gasteiger partial charge in [-0.05, 0) is 133 Å². The molecule has 4 aliphatic carbocycles. The summed E-state index contributed by atoms with van der Waals surface area (Å²) in [6.45, 7) is 20.0. The van der Waals surface area contributed by atoms with E-state index in [4.69, 9.17) is 18.9 Å². The number of hydrogen-bond donors (Lipinski definition) is 0. The summed E-state index contributed by atoms with van der Waals surface area (Å²) in [7, 11) is 0. The Hall–Kier alpha value is -2.70. The van der Waals surface area contributed by atoms with E-state index in [1.165, 1.54) is 33.4 Å². The lowest BCUT2D eigenvalue weighted by atomic mass is 9.49. The average Bonchev–Trinajstić information content (AvgIpc) is 3.11. The van der Waals surface area contributed by atoms with Gasteiger partial charge in [0.1, 0.15) is 13.2 Å². The van der Waals surface area contributed by atoms with E-state index in [0.717, 1.165) is 64.2 Å².